The van der Waals surface area contributed by atoms with Crippen LogP contribution in [0.2, 0.25) is 0 Å². The lowest BCUT2D eigenvalue weighted by Crippen LogP contribution is -2.21. The van der Waals surface area contributed by atoms with Crippen LogP contribution in [-0.2, 0) is 0 Å². The van der Waals surface area contributed by atoms with Gasteiger partial charge in [-0.2, -0.15) is 5.26 Å². The molecule has 3 N–H and O–H groups in total. The van der Waals surface area contributed by atoms with E-state index in [1.165, 1.54) is 0 Å². The van der Waals surface area contributed by atoms with E-state index in [9.17, 15) is 5.26 Å². The Labute approximate surface area is 152 Å². The monoisotopic (exact) mass is 354 g/mol. The van der Waals surface area contributed by atoms with Crippen LogP contribution in [0.4, 0.5) is 0 Å². The van der Waals surface area contributed by atoms with E-state index in [2.05, 4.69) is 30.1 Å². The van der Waals surface area contributed by atoms with Crippen LogP contribution in [0.1, 0.15) is 49.4 Å². The predicted octanol–water partition coefficient (Wildman–Crippen LogP) is 3.16. The zero-order valence-corrected chi connectivity index (χ0v) is 15.3. The summed E-state index contributed by atoms with van der Waals surface area (Å²) in [4.78, 5) is 0. The van der Waals surface area contributed by atoms with E-state index in [-0.39, 0.29) is 17.7 Å². The maximum absolute atomic E-state index is 9.70. The topological polar surface area (TPSA) is 106 Å². The number of rotatable bonds is 5. The van der Waals surface area contributed by atoms with Gasteiger partial charge in [0.1, 0.15) is 11.6 Å². The maximum atomic E-state index is 9.70. The lowest BCUT2D eigenvalue weighted by molar-refractivity contribution is 0.310. The van der Waals surface area contributed by atoms with E-state index >= 15 is 0 Å². The first-order valence-electron chi connectivity index (χ1n) is 8.48. The lowest BCUT2D eigenvalue weighted by atomic mass is 9.82. The molecule has 26 heavy (non-hydrogen) atoms. The smallest absolute Gasteiger partial charge is 0.244 e. The molecule has 0 unspecified atom stereocenters. The molecule has 1 aliphatic heterocycles. The van der Waals surface area contributed by atoms with Gasteiger partial charge in [0, 0.05) is 5.69 Å². The summed E-state index contributed by atoms with van der Waals surface area (Å²) in [5.41, 5.74) is 8.96. The number of nitrogens with one attached hydrogen (secondary N) is 1. The molecule has 0 saturated heterocycles. The number of ether oxygens (including phenoxy) is 3. The van der Waals surface area contributed by atoms with Crippen molar-refractivity contribution in [3.63, 3.8) is 0 Å². The molecule has 3 rings (SSSR count). The normalized spacial score (nSPS) is 16.1. The Hall–Kier alpha value is -3.14. The first-order valence-corrected chi connectivity index (χ1v) is 8.48. The summed E-state index contributed by atoms with van der Waals surface area (Å²) in [7, 11) is 1.59. The number of aromatic nitrogens is 2. The van der Waals surface area contributed by atoms with E-state index in [0.29, 0.717) is 29.6 Å². The van der Waals surface area contributed by atoms with Crippen molar-refractivity contribution in [3.8, 4) is 23.4 Å². The number of aromatic amines is 1. The third kappa shape index (κ3) is 2.84. The van der Waals surface area contributed by atoms with Crippen molar-refractivity contribution in [3.05, 3.63) is 46.5 Å². The fourth-order valence-corrected chi connectivity index (χ4v) is 3.18. The molecule has 0 fully saturated rings. The van der Waals surface area contributed by atoms with Crippen molar-refractivity contribution >= 4 is 0 Å². The van der Waals surface area contributed by atoms with Crippen LogP contribution < -0.4 is 19.9 Å². The number of nitriles is 1. The molecular weight excluding hydrogens is 332 g/mol. The van der Waals surface area contributed by atoms with Gasteiger partial charge < -0.3 is 19.9 Å². The van der Waals surface area contributed by atoms with Gasteiger partial charge in [0.15, 0.2) is 11.5 Å². The summed E-state index contributed by atoms with van der Waals surface area (Å²) < 4.78 is 16.6. The van der Waals surface area contributed by atoms with Crippen LogP contribution in [0, 0.1) is 11.3 Å². The highest BCUT2D eigenvalue weighted by Crippen LogP contribution is 2.45. The Morgan fingerprint density at radius 2 is 2.15 bits per heavy atom. The number of allylic oxidation sites excluding steroid dienone is 1. The Morgan fingerprint density at radius 3 is 2.77 bits per heavy atom. The minimum absolute atomic E-state index is 0.0700. The van der Waals surface area contributed by atoms with Gasteiger partial charge in [0.25, 0.3) is 0 Å². The standard InChI is InChI=1S/C19H22N4O3/c1-5-25-14-8-11(6-7-13(14)24-4)15-12(9-20)18(21)26-19-16(15)17(10(2)3)22-23-19/h6-8,10,15H,5,21H2,1-4H3,(H,22,23)/t15-/m1/s1. The molecule has 0 amide bonds. The van der Waals surface area contributed by atoms with E-state index in [1.54, 1.807) is 7.11 Å². The Morgan fingerprint density at radius 1 is 1.38 bits per heavy atom. The zero-order chi connectivity index (χ0) is 18.8. The highest BCUT2D eigenvalue weighted by Gasteiger charge is 2.36. The SMILES string of the molecule is CCOc1cc([C@@H]2C(C#N)=C(N)Oc3n[nH]c(C(C)C)c32)ccc1OC. The number of methoxy groups -OCH3 is 1. The van der Waals surface area contributed by atoms with Crippen LogP contribution in [0.15, 0.2) is 29.7 Å². The molecular formula is C19H22N4O3. The van der Waals surface area contributed by atoms with Crippen molar-refractivity contribution < 1.29 is 14.2 Å². The van der Waals surface area contributed by atoms with Crippen molar-refractivity contribution in [1.82, 2.24) is 10.2 Å². The van der Waals surface area contributed by atoms with Crippen LogP contribution in [-0.4, -0.2) is 23.9 Å². The fourth-order valence-electron chi connectivity index (χ4n) is 3.18. The van der Waals surface area contributed by atoms with Gasteiger partial charge in [-0.15, -0.1) is 5.10 Å². The molecule has 0 aliphatic carbocycles. The number of benzene rings is 1. The van der Waals surface area contributed by atoms with Gasteiger partial charge in [0.2, 0.25) is 11.8 Å². The van der Waals surface area contributed by atoms with Crippen LogP contribution in [0.5, 0.6) is 17.4 Å². The summed E-state index contributed by atoms with van der Waals surface area (Å²) in [6.45, 7) is 6.52. The average Bonchev–Trinajstić information content (AvgIpc) is 3.04. The van der Waals surface area contributed by atoms with Crippen LogP contribution in [0.3, 0.4) is 0 Å². The van der Waals surface area contributed by atoms with Crippen molar-refractivity contribution in [2.75, 3.05) is 13.7 Å². The number of nitrogens with two attached hydrogens (primary N) is 1. The summed E-state index contributed by atoms with van der Waals surface area (Å²) in [6, 6.07) is 7.81. The average molecular weight is 354 g/mol. The molecule has 0 saturated carbocycles. The largest absolute Gasteiger partial charge is 0.493 e. The second-order valence-electron chi connectivity index (χ2n) is 6.28. The first kappa shape index (κ1) is 17.7. The second-order valence-corrected chi connectivity index (χ2v) is 6.28. The predicted molar refractivity (Wildman–Crippen MR) is 96.1 cm³/mol. The molecule has 2 heterocycles. The van der Waals surface area contributed by atoms with Gasteiger partial charge in [-0.3, -0.25) is 5.10 Å². The zero-order valence-electron chi connectivity index (χ0n) is 15.3. The van der Waals surface area contributed by atoms with E-state index in [0.717, 1.165) is 16.8 Å². The molecule has 1 aromatic carbocycles. The molecule has 1 aliphatic rings. The van der Waals surface area contributed by atoms with Gasteiger partial charge in [-0.1, -0.05) is 19.9 Å². The summed E-state index contributed by atoms with van der Waals surface area (Å²) >= 11 is 0. The lowest BCUT2D eigenvalue weighted by Gasteiger charge is -2.25. The fraction of sp³-hybridized carbons (Fsp3) is 0.368. The van der Waals surface area contributed by atoms with Crippen molar-refractivity contribution in [2.45, 2.75) is 32.6 Å². The molecule has 2 aromatic rings. The molecule has 7 nitrogen and oxygen atoms in total. The Bertz CT molecular complexity index is 893. The van der Waals surface area contributed by atoms with Gasteiger partial charge in [0.05, 0.1) is 25.2 Å². The molecule has 7 heteroatoms. The molecule has 136 valence electrons. The molecule has 0 spiro atoms. The summed E-state index contributed by atoms with van der Waals surface area (Å²) in [5.74, 6) is 1.52. The third-order valence-corrected chi connectivity index (χ3v) is 4.37. The van der Waals surface area contributed by atoms with Gasteiger partial charge >= 0.3 is 0 Å². The number of fused-ring (bicyclic) bond motifs is 1. The molecule has 0 bridgehead atoms. The number of hydrogen-bond acceptors (Lipinski definition) is 6. The third-order valence-electron chi connectivity index (χ3n) is 4.37. The summed E-state index contributed by atoms with van der Waals surface area (Å²) in [5, 5.41) is 17.0. The van der Waals surface area contributed by atoms with Gasteiger partial charge in [-0.25, -0.2) is 0 Å². The molecule has 1 aromatic heterocycles. The van der Waals surface area contributed by atoms with E-state index in [1.807, 2.05) is 25.1 Å². The maximum Gasteiger partial charge on any atom is 0.244 e. The highest BCUT2D eigenvalue weighted by atomic mass is 16.5. The number of nitrogens with zero attached hydrogens (tertiary/aromatic N) is 2. The second kappa shape index (κ2) is 7.00. The van der Waals surface area contributed by atoms with Crippen LogP contribution in [0.25, 0.3) is 0 Å². The Balaban J connectivity index is 2.21. The number of H-pyrrole nitrogens is 1. The quantitative estimate of drug-likeness (QED) is 0.854. The molecule has 1 atom stereocenters. The molecule has 0 radical (unpaired) electrons. The van der Waals surface area contributed by atoms with Crippen molar-refractivity contribution in [2.24, 2.45) is 5.73 Å². The van der Waals surface area contributed by atoms with E-state index in [4.69, 9.17) is 19.9 Å². The highest BCUT2D eigenvalue weighted by molar-refractivity contribution is 5.57. The minimum Gasteiger partial charge on any atom is -0.493 e. The Kier molecular flexibility index (Phi) is 4.76. The summed E-state index contributed by atoms with van der Waals surface area (Å²) in [6.07, 6.45) is 0. The first-order chi connectivity index (χ1) is 12.5. The number of hydrogen-bond donors (Lipinski definition) is 2. The van der Waals surface area contributed by atoms with Crippen molar-refractivity contribution in [1.29, 1.82) is 5.26 Å². The van der Waals surface area contributed by atoms with E-state index < -0.39 is 0 Å². The van der Waals surface area contributed by atoms with Gasteiger partial charge in [-0.05, 0) is 30.5 Å². The minimum atomic E-state index is -0.384. The van der Waals surface area contributed by atoms with Crippen LogP contribution >= 0.6 is 0 Å².